The van der Waals surface area contributed by atoms with Crippen LogP contribution in [0.2, 0.25) is 0 Å². The molecule has 1 aliphatic rings. The lowest BCUT2D eigenvalue weighted by atomic mass is 10.1. The molecule has 1 saturated heterocycles. The third kappa shape index (κ3) is 4.88. The van der Waals surface area contributed by atoms with E-state index in [0.717, 1.165) is 0 Å². The van der Waals surface area contributed by atoms with Crippen LogP contribution in [0.4, 0.5) is 0 Å². The van der Waals surface area contributed by atoms with Gasteiger partial charge in [0, 0.05) is 44.2 Å². The molecule has 0 radical (unpaired) electrons. The average molecular weight is 436 g/mol. The molecule has 1 fully saturated rings. The second-order valence-electron chi connectivity index (χ2n) is 7.36. The number of methoxy groups -OCH3 is 1. The summed E-state index contributed by atoms with van der Waals surface area (Å²) in [5.74, 6) is 2.06. The Morgan fingerprint density at radius 3 is 2.19 bits per heavy atom. The number of amides is 2. The van der Waals surface area contributed by atoms with Crippen LogP contribution in [0.5, 0.6) is 11.5 Å². The predicted octanol–water partition coefficient (Wildman–Crippen LogP) is 2.56. The van der Waals surface area contributed by atoms with Crippen molar-refractivity contribution in [3.05, 3.63) is 71.4 Å². The van der Waals surface area contributed by atoms with Crippen LogP contribution in [0.3, 0.4) is 0 Å². The zero-order valence-electron chi connectivity index (χ0n) is 18.0. The maximum Gasteiger partial charge on any atom is 0.254 e. The van der Waals surface area contributed by atoms with Crippen LogP contribution in [0.25, 0.3) is 0 Å². The van der Waals surface area contributed by atoms with Gasteiger partial charge in [0.1, 0.15) is 11.5 Å². The van der Waals surface area contributed by atoms with E-state index in [4.69, 9.17) is 14.0 Å². The van der Waals surface area contributed by atoms with Crippen LogP contribution in [0.15, 0.2) is 53.1 Å². The highest BCUT2D eigenvalue weighted by Crippen LogP contribution is 2.18. The summed E-state index contributed by atoms with van der Waals surface area (Å²) in [5, 5.41) is 3.78. The first-order chi connectivity index (χ1) is 15.5. The molecule has 2 heterocycles. The Labute approximate surface area is 185 Å². The van der Waals surface area contributed by atoms with Crippen molar-refractivity contribution in [2.75, 3.05) is 33.3 Å². The molecule has 0 spiro atoms. The number of aromatic nitrogens is 2. The number of ether oxygens (including phenoxy) is 2. The maximum absolute atomic E-state index is 12.9. The number of hydrogen-bond donors (Lipinski definition) is 0. The Morgan fingerprint density at radius 1 is 0.938 bits per heavy atom. The lowest BCUT2D eigenvalue weighted by Gasteiger charge is -2.35. The minimum Gasteiger partial charge on any atom is -0.497 e. The lowest BCUT2D eigenvalue weighted by Crippen LogP contribution is -2.50. The van der Waals surface area contributed by atoms with E-state index in [2.05, 4.69) is 10.1 Å². The summed E-state index contributed by atoms with van der Waals surface area (Å²) in [4.78, 5) is 33.2. The van der Waals surface area contributed by atoms with Crippen LogP contribution in [0.1, 0.15) is 32.4 Å². The quantitative estimate of drug-likeness (QED) is 0.586. The summed E-state index contributed by atoms with van der Waals surface area (Å²) in [5.41, 5.74) is 1.15. The first-order valence-corrected chi connectivity index (χ1v) is 10.3. The number of rotatable bonds is 6. The van der Waals surface area contributed by atoms with E-state index in [1.165, 1.54) is 0 Å². The van der Waals surface area contributed by atoms with E-state index < -0.39 is 0 Å². The van der Waals surface area contributed by atoms with Crippen molar-refractivity contribution in [3.8, 4) is 11.5 Å². The SMILES string of the molecule is COc1cccc(C(=O)N2CCN(C(=O)c3ccc(OCc4noc(C)n4)cc3)CC2)c1. The minimum absolute atomic E-state index is 0.0608. The van der Waals surface area contributed by atoms with Crippen molar-refractivity contribution >= 4 is 11.8 Å². The van der Waals surface area contributed by atoms with Crippen LogP contribution in [-0.2, 0) is 6.61 Å². The van der Waals surface area contributed by atoms with Crippen LogP contribution in [0, 0.1) is 6.92 Å². The number of carbonyl (C=O) groups excluding carboxylic acids is 2. The van der Waals surface area contributed by atoms with E-state index in [1.807, 2.05) is 0 Å². The van der Waals surface area contributed by atoms with Gasteiger partial charge in [0.05, 0.1) is 7.11 Å². The molecule has 0 N–H and O–H groups in total. The molecule has 9 heteroatoms. The highest BCUT2D eigenvalue weighted by Gasteiger charge is 2.25. The highest BCUT2D eigenvalue weighted by atomic mass is 16.5. The van der Waals surface area contributed by atoms with Gasteiger partial charge in [-0.1, -0.05) is 11.2 Å². The molecular formula is C23H24N4O5. The molecule has 166 valence electrons. The molecule has 3 aromatic rings. The van der Waals surface area contributed by atoms with Gasteiger partial charge < -0.3 is 23.8 Å². The fraction of sp³-hybridized carbons (Fsp3) is 0.304. The van der Waals surface area contributed by atoms with Crippen LogP contribution < -0.4 is 9.47 Å². The number of benzene rings is 2. The van der Waals surface area contributed by atoms with Gasteiger partial charge in [-0.2, -0.15) is 4.98 Å². The fourth-order valence-corrected chi connectivity index (χ4v) is 3.48. The summed E-state index contributed by atoms with van der Waals surface area (Å²) < 4.78 is 15.7. The first kappa shape index (κ1) is 21.4. The van der Waals surface area contributed by atoms with E-state index in [-0.39, 0.29) is 18.4 Å². The summed E-state index contributed by atoms with van der Waals surface area (Å²) in [6, 6.07) is 14.0. The average Bonchev–Trinajstić information content (AvgIpc) is 3.27. The first-order valence-electron chi connectivity index (χ1n) is 10.3. The van der Waals surface area contributed by atoms with Crippen LogP contribution in [-0.4, -0.2) is 65.0 Å². The summed E-state index contributed by atoms with van der Waals surface area (Å²) in [6.45, 7) is 3.81. The molecule has 0 aliphatic carbocycles. The standard InChI is InChI=1S/C23H24N4O5/c1-16-24-21(25-32-16)15-31-19-8-6-17(7-9-19)22(28)26-10-12-27(13-11-26)23(29)18-4-3-5-20(14-18)30-2/h3-9,14H,10-13,15H2,1-2H3. The van der Waals surface area contributed by atoms with Crippen molar-refractivity contribution in [1.82, 2.24) is 19.9 Å². The number of carbonyl (C=O) groups is 2. The Morgan fingerprint density at radius 2 is 1.59 bits per heavy atom. The molecule has 4 rings (SSSR count). The lowest BCUT2D eigenvalue weighted by molar-refractivity contribution is 0.0535. The number of piperazine rings is 1. The van der Waals surface area contributed by atoms with Crippen molar-refractivity contribution in [1.29, 1.82) is 0 Å². The van der Waals surface area contributed by atoms with E-state index in [0.29, 0.717) is 60.5 Å². The third-order valence-corrected chi connectivity index (χ3v) is 5.21. The van der Waals surface area contributed by atoms with Gasteiger partial charge in [-0.3, -0.25) is 9.59 Å². The van der Waals surface area contributed by atoms with E-state index >= 15 is 0 Å². The topological polar surface area (TPSA) is 98.0 Å². The summed E-state index contributed by atoms with van der Waals surface area (Å²) in [7, 11) is 1.57. The molecule has 0 saturated carbocycles. The molecule has 0 atom stereocenters. The Kier molecular flexibility index (Phi) is 6.34. The van der Waals surface area contributed by atoms with Gasteiger partial charge in [0.2, 0.25) is 11.7 Å². The van der Waals surface area contributed by atoms with Gasteiger partial charge in [0.25, 0.3) is 11.8 Å². The maximum atomic E-state index is 12.9. The van der Waals surface area contributed by atoms with Gasteiger partial charge in [-0.15, -0.1) is 0 Å². The predicted molar refractivity (Wildman–Crippen MR) is 115 cm³/mol. The van der Waals surface area contributed by atoms with Gasteiger partial charge in [-0.05, 0) is 42.5 Å². The molecular weight excluding hydrogens is 412 g/mol. The number of nitrogens with zero attached hydrogens (tertiary/aromatic N) is 4. The van der Waals surface area contributed by atoms with Crippen molar-refractivity contribution < 1.29 is 23.6 Å². The van der Waals surface area contributed by atoms with Crippen LogP contribution >= 0.6 is 0 Å². The molecule has 32 heavy (non-hydrogen) atoms. The Balaban J connectivity index is 1.30. The largest absolute Gasteiger partial charge is 0.497 e. The molecule has 2 amide bonds. The zero-order chi connectivity index (χ0) is 22.5. The second kappa shape index (κ2) is 9.51. The normalized spacial score (nSPS) is 13.7. The van der Waals surface area contributed by atoms with E-state index in [9.17, 15) is 9.59 Å². The highest BCUT2D eigenvalue weighted by molar-refractivity contribution is 5.96. The molecule has 1 aromatic heterocycles. The fourth-order valence-electron chi connectivity index (χ4n) is 3.48. The van der Waals surface area contributed by atoms with Crippen molar-refractivity contribution in [3.63, 3.8) is 0 Å². The monoisotopic (exact) mass is 436 g/mol. The smallest absolute Gasteiger partial charge is 0.254 e. The third-order valence-electron chi connectivity index (χ3n) is 5.21. The molecule has 0 unspecified atom stereocenters. The molecule has 9 nitrogen and oxygen atoms in total. The van der Waals surface area contributed by atoms with E-state index in [1.54, 1.807) is 72.4 Å². The number of aryl methyl sites for hydroxylation is 1. The van der Waals surface area contributed by atoms with Gasteiger partial charge in [0.15, 0.2) is 6.61 Å². The summed E-state index contributed by atoms with van der Waals surface area (Å²) >= 11 is 0. The zero-order valence-corrected chi connectivity index (χ0v) is 18.0. The van der Waals surface area contributed by atoms with Crippen molar-refractivity contribution in [2.45, 2.75) is 13.5 Å². The van der Waals surface area contributed by atoms with Crippen molar-refractivity contribution in [2.24, 2.45) is 0 Å². The Bertz CT molecular complexity index is 1090. The number of hydrogen-bond acceptors (Lipinski definition) is 7. The van der Waals surface area contributed by atoms with Gasteiger partial charge in [-0.25, -0.2) is 0 Å². The Hall–Kier alpha value is -3.88. The summed E-state index contributed by atoms with van der Waals surface area (Å²) in [6.07, 6.45) is 0. The van der Waals surface area contributed by atoms with Gasteiger partial charge >= 0.3 is 0 Å². The molecule has 0 bridgehead atoms. The second-order valence-corrected chi connectivity index (χ2v) is 7.36. The molecule has 2 aromatic carbocycles. The molecule has 1 aliphatic heterocycles. The minimum atomic E-state index is -0.0705.